The van der Waals surface area contributed by atoms with E-state index in [2.05, 4.69) is 0 Å². The number of aliphatic carboxylic acids is 1. The minimum Gasteiger partial charge on any atom is -0.480 e. The van der Waals surface area contributed by atoms with Gasteiger partial charge in [-0.25, -0.2) is 0 Å². The summed E-state index contributed by atoms with van der Waals surface area (Å²) in [4.78, 5) is 23.9. The van der Waals surface area contributed by atoms with Crippen LogP contribution in [0.4, 0.5) is 0 Å². The molecule has 2 rings (SSSR count). The van der Waals surface area contributed by atoms with Gasteiger partial charge in [0.1, 0.15) is 0 Å². The second-order valence-corrected chi connectivity index (χ2v) is 5.75. The maximum Gasteiger partial charge on any atom is 0.323 e. The number of carbonyl (C=O) groups is 2. The molecular formula is C14H22O4. The summed E-state index contributed by atoms with van der Waals surface area (Å²) in [5.74, 6) is -1.16. The van der Waals surface area contributed by atoms with E-state index in [0.29, 0.717) is 12.3 Å². The van der Waals surface area contributed by atoms with Crippen molar-refractivity contribution in [3.63, 3.8) is 0 Å². The van der Waals surface area contributed by atoms with E-state index in [1.54, 1.807) is 0 Å². The topological polar surface area (TPSA) is 63.6 Å². The zero-order valence-electron chi connectivity index (χ0n) is 11.0. The molecule has 102 valence electrons. The molecule has 0 spiro atoms. The molecule has 0 aromatic carbocycles. The molecule has 0 bridgehead atoms. The van der Waals surface area contributed by atoms with Crippen molar-refractivity contribution in [2.24, 2.45) is 17.3 Å². The van der Waals surface area contributed by atoms with Crippen LogP contribution in [0.5, 0.6) is 0 Å². The molecule has 2 aliphatic carbocycles. The lowest BCUT2D eigenvalue weighted by molar-refractivity contribution is -0.174. The maximum absolute atomic E-state index is 12.1. The Morgan fingerprint density at radius 3 is 2.17 bits per heavy atom. The third kappa shape index (κ3) is 2.13. The average Bonchev–Trinajstić information content (AvgIpc) is 2.80. The van der Waals surface area contributed by atoms with Crippen molar-refractivity contribution in [1.82, 2.24) is 0 Å². The first-order chi connectivity index (χ1) is 8.61. The fraction of sp³-hybridized carbons (Fsp3) is 0.857. The van der Waals surface area contributed by atoms with E-state index in [1.807, 2.05) is 0 Å². The van der Waals surface area contributed by atoms with E-state index >= 15 is 0 Å². The summed E-state index contributed by atoms with van der Waals surface area (Å²) in [5, 5.41) is 9.65. The minimum absolute atomic E-state index is 0.0388. The standard InChI is InChI=1S/C14H22O4/c1-18-13(17)14(12(15)16,9-10-5-4-6-10)11-7-2-3-8-11/h10-11H,2-9H2,1H3,(H,15,16). The van der Waals surface area contributed by atoms with Crippen LogP contribution in [0.2, 0.25) is 0 Å². The van der Waals surface area contributed by atoms with Crippen LogP contribution in [0, 0.1) is 17.3 Å². The first-order valence-electron chi connectivity index (χ1n) is 6.93. The van der Waals surface area contributed by atoms with E-state index in [0.717, 1.165) is 44.9 Å². The van der Waals surface area contributed by atoms with Crippen molar-refractivity contribution in [3.8, 4) is 0 Å². The summed E-state index contributed by atoms with van der Waals surface area (Å²) in [6, 6.07) is 0. The fourth-order valence-corrected chi connectivity index (χ4v) is 3.52. The molecule has 4 nitrogen and oxygen atoms in total. The van der Waals surface area contributed by atoms with Gasteiger partial charge in [0.2, 0.25) is 0 Å². The highest BCUT2D eigenvalue weighted by molar-refractivity contribution is 5.99. The molecule has 1 N–H and O–H groups in total. The normalized spacial score (nSPS) is 24.3. The molecular weight excluding hydrogens is 232 g/mol. The molecule has 0 radical (unpaired) electrons. The fourth-order valence-electron chi connectivity index (χ4n) is 3.52. The van der Waals surface area contributed by atoms with Gasteiger partial charge in [-0.15, -0.1) is 0 Å². The van der Waals surface area contributed by atoms with Crippen LogP contribution in [-0.4, -0.2) is 24.2 Å². The number of hydrogen-bond donors (Lipinski definition) is 1. The number of methoxy groups -OCH3 is 1. The van der Waals surface area contributed by atoms with Crippen LogP contribution in [0.3, 0.4) is 0 Å². The van der Waals surface area contributed by atoms with Crippen molar-refractivity contribution in [2.45, 2.75) is 51.4 Å². The largest absolute Gasteiger partial charge is 0.480 e. The van der Waals surface area contributed by atoms with Gasteiger partial charge in [0.05, 0.1) is 7.11 Å². The number of carbonyl (C=O) groups excluding carboxylic acids is 1. The monoisotopic (exact) mass is 254 g/mol. The van der Waals surface area contributed by atoms with Crippen LogP contribution in [-0.2, 0) is 14.3 Å². The van der Waals surface area contributed by atoms with E-state index in [9.17, 15) is 14.7 Å². The Bertz CT molecular complexity index is 329. The summed E-state index contributed by atoms with van der Waals surface area (Å²) in [6.45, 7) is 0. The zero-order chi connectivity index (χ0) is 13.2. The number of hydrogen-bond acceptors (Lipinski definition) is 3. The molecule has 4 heteroatoms. The lowest BCUT2D eigenvalue weighted by Crippen LogP contribution is -2.47. The summed E-state index contributed by atoms with van der Waals surface area (Å²) < 4.78 is 4.84. The highest BCUT2D eigenvalue weighted by Gasteiger charge is 2.55. The molecule has 0 aromatic heterocycles. The Labute approximate surface area is 108 Å². The van der Waals surface area contributed by atoms with Gasteiger partial charge in [-0.1, -0.05) is 32.1 Å². The molecule has 2 saturated carbocycles. The summed E-state index contributed by atoms with van der Waals surface area (Å²) in [6.07, 6.45) is 7.48. The third-order valence-corrected chi connectivity index (χ3v) is 4.82. The molecule has 1 unspecified atom stereocenters. The van der Waals surface area contributed by atoms with Crippen molar-refractivity contribution in [2.75, 3.05) is 7.11 Å². The van der Waals surface area contributed by atoms with E-state index in [4.69, 9.17) is 4.74 Å². The van der Waals surface area contributed by atoms with Crippen LogP contribution in [0.1, 0.15) is 51.4 Å². The maximum atomic E-state index is 12.1. The van der Waals surface area contributed by atoms with Gasteiger partial charge < -0.3 is 9.84 Å². The number of esters is 1. The second-order valence-electron chi connectivity index (χ2n) is 5.75. The Morgan fingerprint density at radius 1 is 1.17 bits per heavy atom. The third-order valence-electron chi connectivity index (χ3n) is 4.82. The van der Waals surface area contributed by atoms with Crippen LogP contribution >= 0.6 is 0 Å². The zero-order valence-corrected chi connectivity index (χ0v) is 11.0. The molecule has 0 aromatic rings. The highest BCUT2D eigenvalue weighted by Crippen LogP contribution is 2.48. The molecule has 2 fully saturated rings. The number of rotatable bonds is 5. The van der Waals surface area contributed by atoms with Crippen molar-refractivity contribution in [1.29, 1.82) is 0 Å². The molecule has 0 saturated heterocycles. The lowest BCUT2D eigenvalue weighted by Gasteiger charge is -2.38. The highest BCUT2D eigenvalue weighted by atomic mass is 16.5. The molecule has 18 heavy (non-hydrogen) atoms. The van der Waals surface area contributed by atoms with Gasteiger partial charge in [0.15, 0.2) is 5.41 Å². The van der Waals surface area contributed by atoms with Gasteiger partial charge in [0, 0.05) is 0 Å². The smallest absolute Gasteiger partial charge is 0.323 e. The van der Waals surface area contributed by atoms with Crippen molar-refractivity contribution >= 4 is 11.9 Å². The predicted molar refractivity (Wildman–Crippen MR) is 66.0 cm³/mol. The Hall–Kier alpha value is -1.06. The molecule has 1 atom stereocenters. The first kappa shape index (κ1) is 13.4. The van der Waals surface area contributed by atoms with Crippen LogP contribution < -0.4 is 0 Å². The quantitative estimate of drug-likeness (QED) is 0.605. The van der Waals surface area contributed by atoms with Gasteiger partial charge in [-0.3, -0.25) is 9.59 Å². The molecule has 0 heterocycles. The van der Waals surface area contributed by atoms with Crippen molar-refractivity contribution < 1.29 is 19.4 Å². The number of carboxylic acids is 1. The van der Waals surface area contributed by atoms with E-state index in [1.165, 1.54) is 7.11 Å². The second kappa shape index (κ2) is 5.29. The SMILES string of the molecule is COC(=O)C(CC1CCC1)(C(=O)O)C1CCCC1. The van der Waals surface area contributed by atoms with Crippen molar-refractivity contribution in [3.05, 3.63) is 0 Å². The number of carboxylic acid groups (broad SMARTS) is 1. The minimum atomic E-state index is -1.28. The van der Waals surface area contributed by atoms with Gasteiger partial charge in [-0.2, -0.15) is 0 Å². The first-order valence-corrected chi connectivity index (χ1v) is 6.93. The summed E-state index contributed by atoms with van der Waals surface area (Å²) in [5.41, 5.74) is -1.28. The molecule has 2 aliphatic rings. The van der Waals surface area contributed by atoms with E-state index < -0.39 is 17.4 Å². The Morgan fingerprint density at radius 2 is 1.78 bits per heavy atom. The van der Waals surface area contributed by atoms with Gasteiger partial charge in [0.25, 0.3) is 0 Å². The van der Waals surface area contributed by atoms with Crippen LogP contribution in [0.25, 0.3) is 0 Å². The average molecular weight is 254 g/mol. The summed E-state index contributed by atoms with van der Waals surface area (Å²) in [7, 11) is 1.30. The van der Waals surface area contributed by atoms with Crippen LogP contribution in [0.15, 0.2) is 0 Å². The van der Waals surface area contributed by atoms with Gasteiger partial charge >= 0.3 is 11.9 Å². The Balaban J connectivity index is 2.26. The molecule has 0 amide bonds. The predicted octanol–water partition coefficient (Wildman–Crippen LogP) is 2.61. The van der Waals surface area contributed by atoms with Gasteiger partial charge in [-0.05, 0) is 31.1 Å². The molecule has 0 aliphatic heterocycles. The van der Waals surface area contributed by atoms with E-state index in [-0.39, 0.29) is 5.92 Å². The number of ether oxygens (including phenoxy) is 1. The Kier molecular flexibility index (Phi) is 3.93. The summed E-state index contributed by atoms with van der Waals surface area (Å²) >= 11 is 0. The lowest BCUT2D eigenvalue weighted by atomic mass is 9.65.